The second-order valence-corrected chi connectivity index (χ2v) is 10.8. The van der Waals surface area contributed by atoms with Gasteiger partial charge in [-0.25, -0.2) is 4.98 Å². The monoisotopic (exact) mass is 520 g/mol. The molecule has 6 rings (SSSR count). The zero-order chi connectivity index (χ0) is 26.8. The zero-order valence-electron chi connectivity index (χ0n) is 22.6. The van der Waals surface area contributed by atoms with Crippen molar-refractivity contribution in [1.29, 1.82) is 0 Å². The lowest BCUT2D eigenvalue weighted by atomic mass is 9.92. The lowest BCUT2D eigenvalue weighted by Crippen LogP contribution is -2.43. The van der Waals surface area contributed by atoms with Crippen molar-refractivity contribution in [2.45, 2.75) is 39.3 Å². The third kappa shape index (κ3) is 5.32. The summed E-state index contributed by atoms with van der Waals surface area (Å²) in [5.41, 5.74) is 13.2. The summed E-state index contributed by atoms with van der Waals surface area (Å²) in [6.07, 6.45) is 8.60. The molecule has 2 N–H and O–H groups in total. The Morgan fingerprint density at radius 3 is 2.54 bits per heavy atom. The third-order valence-electron chi connectivity index (χ3n) is 8.31. The van der Waals surface area contributed by atoms with E-state index in [-0.39, 0.29) is 5.92 Å². The molecule has 0 saturated carbocycles. The first-order valence-electron chi connectivity index (χ1n) is 14.0. The van der Waals surface area contributed by atoms with Gasteiger partial charge in [0.15, 0.2) is 0 Å². The van der Waals surface area contributed by atoms with Crippen LogP contribution in [-0.2, 0) is 17.9 Å². The summed E-state index contributed by atoms with van der Waals surface area (Å²) < 4.78 is 2.37. The number of nitrogen functional groups attached to an aromatic ring is 1. The van der Waals surface area contributed by atoms with Crippen LogP contribution in [0.5, 0.6) is 0 Å². The molecule has 2 aliphatic rings. The van der Waals surface area contributed by atoms with E-state index in [4.69, 9.17) is 5.73 Å². The minimum absolute atomic E-state index is 0.112. The Labute approximate surface area is 230 Å². The van der Waals surface area contributed by atoms with Gasteiger partial charge in [-0.15, -0.1) is 0 Å². The number of likely N-dealkylation sites (tertiary alicyclic amines) is 1. The number of para-hydroxylation sites is 1. The number of hydrogen-bond acceptors (Lipinski definition) is 5. The maximum absolute atomic E-state index is 13.4. The Morgan fingerprint density at radius 1 is 0.974 bits per heavy atom. The van der Waals surface area contributed by atoms with Gasteiger partial charge in [0.25, 0.3) is 0 Å². The normalized spacial score (nSPS) is 16.9. The summed E-state index contributed by atoms with van der Waals surface area (Å²) >= 11 is 0. The summed E-state index contributed by atoms with van der Waals surface area (Å²) in [5, 5.41) is 1.28. The zero-order valence-corrected chi connectivity index (χ0v) is 22.6. The van der Waals surface area contributed by atoms with Crippen LogP contribution in [0, 0.1) is 12.8 Å². The van der Waals surface area contributed by atoms with Crippen molar-refractivity contribution in [3.05, 3.63) is 95.6 Å². The average molecular weight is 521 g/mol. The van der Waals surface area contributed by atoms with Gasteiger partial charge in [-0.1, -0.05) is 30.3 Å². The van der Waals surface area contributed by atoms with Crippen LogP contribution in [0.15, 0.2) is 73.1 Å². The number of carbonyl (C=O) groups is 1. The highest BCUT2D eigenvalue weighted by Gasteiger charge is 2.30. The first kappa shape index (κ1) is 25.3. The van der Waals surface area contributed by atoms with Crippen molar-refractivity contribution in [3.8, 4) is 0 Å². The summed E-state index contributed by atoms with van der Waals surface area (Å²) in [6.45, 7) is 7.15. The van der Waals surface area contributed by atoms with Crippen LogP contribution < -0.4 is 5.73 Å². The number of fused-ring (bicyclic) bond motifs is 1. The Bertz CT molecular complexity index is 1500. The number of piperidine rings is 1. The van der Waals surface area contributed by atoms with Crippen molar-refractivity contribution >= 4 is 28.2 Å². The minimum Gasteiger partial charge on any atom is -0.384 e. The van der Waals surface area contributed by atoms with E-state index in [1.807, 2.05) is 30.5 Å². The molecule has 0 bridgehead atoms. The van der Waals surface area contributed by atoms with Crippen molar-refractivity contribution < 1.29 is 4.79 Å². The quantitative estimate of drug-likeness (QED) is 0.391. The first-order valence-corrected chi connectivity index (χ1v) is 14.0. The average Bonchev–Trinajstić information content (AvgIpc) is 3.24. The minimum atomic E-state index is 0.112. The molecule has 2 aliphatic heterocycles. The fraction of sp³-hybridized carbons (Fsp3) is 0.344. The number of rotatable bonds is 6. The van der Waals surface area contributed by atoms with Gasteiger partial charge >= 0.3 is 0 Å². The van der Waals surface area contributed by atoms with Crippen LogP contribution in [0.3, 0.4) is 0 Å². The van der Waals surface area contributed by atoms with E-state index in [9.17, 15) is 4.79 Å². The first-order chi connectivity index (χ1) is 19.1. The van der Waals surface area contributed by atoms with Gasteiger partial charge in [-0.3, -0.25) is 14.7 Å². The topological polar surface area (TPSA) is 80.3 Å². The van der Waals surface area contributed by atoms with Crippen LogP contribution >= 0.6 is 0 Å². The van der Waals surface area contributed by atoms with Gasteiger partial charge in [0, 0.05) is 60.1 Å². The van der Waals surface area contributed by atoms with Crippen molar-refractivity contribution in [1.82, 2.24) is 24.3 Å². The van der Waals surface area contributed by atoms with Gasteiger partial charge in [0.2, 0.25) is 5.91 Å². The van der Waals surface area contributed by atoms with Gasteiger partial charge in [0.05, 0.1) is 12.2 Å². The third-order valence-corrected chi connectivity index (χ3v) is 8.31. The molecule has 0 unspecified atom stereocenters. The molecule has 3 aromatic heterocycles. The summed E-state index contributed by atoms with van der Waals surface area (Å²) in [7, 11) is 0. The molecule has 1 saturated heterocycles. The molecule has 0 aliphatic carbocycles. The number of pyridine rings is 2. The maximum atomic E-state index is 13.4. The van der Waals surface area contributed by atoms with E-state index in [0.717, 1.165) is 57.7 Å². The Hall–Kier alpha value is -3.97. The molecule has 0 spiro atoms. The molecule has 4 aromatic rings. The molecule has 7 nitrogen and oxygen atoms in total. The second kappa shape index (κ2) is 11.0. The molecule has 39 heavy (non-hydrogen) atoms. The molecule has 7 heteroatoms. The number of nitrogens with zero attached hydrogens (tertiary/aromatic N) is 5. The highest BCUT2D eigenvalue weighted by molar-refractivity contribution is 5.95. The number of hydrogen-bond donors (Lipinski definition) is 1. The SMILES string of the molecule is Cc1c(C2=CCN(C(=O)C3CCN(Cc4ccnc(N)c4)CC3)CC2)c2ccccc2n1Cc1ccccn1. The highest BCUT2D eigenvalue weighted by Crippen LogP contribution is 2.35. The molecule has 200 valence electrons. The van der Waals surface area contributed by atoms with Gasteiger partial charge < -0.3 is 15.2 Å². The fourth-order valence-electron chi connectivity index (χ4n) is 6.24. The van der Waals surface area contributed by atoms with E-state index in [0.29, 0.717) is 18.3 Å². The number of carbonyl (C=O) groups excluding carboxylic acids is 1. The Morgan fingerprint density at radius 2 is 1.79 bits per heavy atom. The van der Waals surface area contributed by atoms with Gasteiger partial charge in [-0.2, -0.15) is 0 Å². The number of anilines is 1. The van der Waals surface area contributed by atoms with Crippen LogP contribution in [0.1, 0.15) is 41.8 Å². The van der Waals surface area contributed by atoms with E-state index in [1.165, 1.54) is 33.3 Å². The summed E-state index contributed by atoms with van der Waals surface area (Å²) in [4.78, 5) is 26.6. The van der Waals surface area contributed by atoms with Gasteiger partial charge in [0.1, 0.15) is 5.82 Å². The summed E-state index contributed by atoms with van der Waals surface area (Å²) in [6, 6.07) is 18.7. The highest BCUT2D eigenvalue weighted by atomic mass is 16.2. The van der Waals surface area contributed by atoms with E-state index in [2.05, 4.69) is 67.7 Å². The van der Waals surface area contributed by atoms with Crippen LogP contribution in [0.25, 0.3) is 16.5 Å². The lowest BCUT2D eigenvalue weighted by Gasteiger charge is -2.35. The molecular formula is C32H36N6O. The van der Waals surface area contributed by atoms with Gasteiger partial charge in [-0.05, 0) is 80.7 Å². The van der Waals surface area contributed by atoms with Crippen LogP contribution in [0.2, 0.25) is 0 Å². The number of amides is 1. The number of benzene rings is 1. The van der Waals surface area contributed by atoms with E-state index < -0.39 is 0 Å². The van der Waals surface area contributed by atoms with Crippen LogP contribution in [-0.4, -0.2) is 56.4 Å². The predicted octanol–water partition coefficient (Wildman–Crippen LogP) is 4.90. The molecule has 1 aromatic carbocycles. The summed E-state index contributed by atoms with van der Waals surface area (Å²) in [5.74, 6) is 0.983. The molecule has 1 amide bonds. The molecule has 0 radical (unpaired) electrons. The van der Waals surface area contributed by atoms with E-state index in [1.54, 1.807) is 6.20 Å². The van der Waals surface area contributed by atoms with Crippen molar-refractivity contribution in [2.24, 2.45) is 5.92 Å². The second-order valence-electron chi connectivity index (χ2n) is 10.8. The Balaban J connectivity index is 1.12. The smallest absolute Gasteiger partial charge is 0.226 e. The number of nitrogens with two attached hydrogens (primary N) is 1. The lowest BCUT2D eigenvalue weighted by molar-refractivity contribution is -0.136. The number of aromatic nitrogens is 3. The van der Waals surface area contributed by atoms with Crippen molar-refractivity contribution in [3.63, 3.8) is 0 Å². The molecule has 5 heterocycles. The molecule has 0 atom stereocenters. The largest absolute Gasteiger partial charge is 0.384 e. The standard InChI is InChI=1S/C32H36N6O/c1-23-31(28-7-2-3-8-29(28)38(23)22-27-6-4-5-14-34-27)25-12-18-37(19-13-25)32(39)26-10-16-36(17-11-26)21-24-9-15-35-30(33)20-24/h2-9,12,14-15,20,26H,10-11,13,16-19,21-22H2,1H3,(H2,33,35). The van der Waals surface area contributed by atoms with Crippen LogP contribution in [0.4, 0.5) is 5.82 Å². The molecular weight excluding hydrogens is 484 g/mol. The fourth-order valence-corrected chi connectivity index (χ4v) is 6.24. The maximum Gasteiger partial charge on any atom is 0.226 e. The van der Waals surface area contributed by atoms with E-state index >= 15 is 0 Å². The Kier molecular flexibility index (Phi) is 7.16. The molecule has 1 fully saturated rings. The predicted molar refractivity (Wildman–Crippen MR) is 156 cm³/mol. The van der Waals surface area contributed by atoms with Crippen molar-refractivity contribution in [2.75, 3.05) is 31.9 Å².